The molecule has 0 spiro atoms. The number of halogens is 2. The van der Waals surface area contributed by atoms with Crippen molar-refractivity contribution in [3.63, 3.8) is 0 Å². The molecule has 2 rings (SSSR count). The van der Waals surface area contributed by atoms with Crippen molar-refractivity contribution in [1.29, 1.82) is 0 Å². The quantitative estimate of drug-likeness (QED) is 0.795. The predicted molar refractivity (Wildman–Crippen MR) is 79.6 cm³/mol. The van der Waals surface area contributed by atoms with Crippen LogP contribution in [0.25, 0.3) is 0 Å². The predicted octanol–water partition coefficient (Wildman–Crippen LogP) is 3.62. The summed E-state index contributed by atoms with van der Waals surface area (Å²) < 4.78 is 19.4. The van der Waals surface area contributed by atoms with Crippen molar-refractivity contribution >= 4 is 17.7 Å². The molecule has 1 aromatic rings. The van der Waals surface area contributed by atoms with E-state index in [9.17, 15) is 9.18 Å². The molecule has 1 aromatic carbocycles. The molecule has 1 heterocycles. The Labute approximate surface area is 129 Å². The Morgan fingerprint density at radius 3 is 2.76 bits per heavy atom. The van der Waals surface area contributed by atoms with Crippen molar-refractivity contribution < 1.29 is 13.9 Å². The molecule has 6 heteroatoms. The van der Waals surface area contributed by atoms with Gasteiger partial charge in [0.05, 0.1) is 6.54 Å². The Bertz CT molecular complexity index is 557. The van der Waals surface area contributed by atoms with E-state index in [1.807, 2.05) is 0 Å². The van der Waals surface area contributed by atoms with Gasteiger partial charge in [-0.25, -0.2) is 9.18 Å². The first-order valence-electron chi connectivity index (χ1n) is 6.89. The summed E-state index contributed by atoms with van der Waals surface area (Å²) in [5.41, 5.74) is 6.40. The second kappa shape index (κ2) is 5.81. The van der Waals surface area contributed by atoms with E-state index in [0.29, 0.717) is 29.1 Å². The minimum atomic E-state index is -0.583. The summed E-state index contributed by atoms with van der Waals surface area (Å²) in [7, 11) is 0. The summed E-state index contributed by atoms with van der Waals surface area (Å²) >= 11 is 6.15. The largest absolute Gasteiger partial charge is 0.444 e. The van der Waals surface area contributed by atoms with Crippen molar-refractivity contribution in [1.82, 2.24) is 4.90 Å². The van der Waals surface area contributed by atoms with E-state index in [-0.39, 0.29) is 12.4 Å². The van der Waals surface area contributed by atoms with E-state index < -0.39 is 17.7 Å². The maximum Gasteiger partial charge on any atom is 0.410 e. The van der Waals surface area contributed by atoms with Crippen LogP contribution in [-0.4, -0.2) is 23.1 Å². The van der Waals surface area contributed by atoms with E-state index in [1.54, 1.807) is 20.8 Å². The summed E-state index contributed by atoms with van der Waals surface area (Å²) in [5, 5.41) is 0.414. The van der Waals surface area contributed by atoms with Crippen LogP contribution in [-0.2, 0) is 11.3 Å². The molecule has 1 unspecified atom stereocenters. The molecule has 0 saturated carbocycles. The summed E-state index contributed by atoms with van der Waals surface area (Å²) in [6.07, 6.45) is 0.0200. The second-order valence-corrected chi connectivity index (χ2v) is 6.63. The number of rotatable bonds is 0. The minimum absolute atomic E-state index is 0.203. The lowest BCUT2D eigenvalue weighted by atomic mass is 9.99. The van der Waals surface area contributed by atoms with Gasteiger partial charge in [0.15, 0.2) is 0 Å². The summed E-state index contributed by atoms with van der Waals surface area (Å²) in [4.78, 5) is 13.7. The van der Waals surface area contributed by atoms with E-state index in [2.05, 4.69) is 0 Å². The highest BCUT2D eigenvalue weighted by Gasteiger charge is 2.29. The Kier molecular flexibility index (Phi) is 4.44. The summed E-state index contributed by atoms with van der Waals surface area (Å²) in [6, 6.07) is 2.32. The van der Waals surface area contributed by atoms with Crippen LogP contribution >= 0.6 is 11.6 Å². The number of carbonyl (C=O) groups is 1. The van der Waals surface area contributed by atoms with Crippen LogP contribution in [0.4, 0.5) is 9.18 Å². The summed E-state index contributed by atoms with van der Waals surface area (Å²) in [6.45, 7) is 6.01. The zero-order chi connectivity index (χ0) is 15.8. The molecule has 0 fully saturated rings. The average Bonchev–Trinajstić information content (AvgIpc) is 2.52. The molecule has 1 amide bonds. The van der Waals surface area contributed by atoms with Gasteiger partial charge in [-0.3, -0.25) is 0 Å². The van der Waals surface area contributed by atoms with Crippen LogP contribution in [0.15, 0.2) is 12.1 Å². The van der Waals surface area contributed by atoms with Crippen LogP contribution in [0.5, 0.6) is 0 Å². The molecule has 21 heavy (non-hydrogen) atoms. The lowest BCUT2D eigenvalue weighted by molar-refractivity contribution is 0.0235. The van der Waals surface area contributed by atoms with Gasteiger partial charge < -0.3 is 15.4 Å². The fraction of sp³-hybridized carbons (Fsp3) is 0.533. The third kappa shape index (κ3) is 3.66. The van der Waals surface area contributed by atoms with Crippen molar-refractivity contribution in [2.24, 2.45) is 5.73 Å². The number of nitrogens with two attached hydrogens (primary N) is 1. The molecule has 2 N–H and O–H groups in total. The Morgan fingerprint density at radius 1 is 1.48 bits per heavy atom. The number of fused-ring (bicyclic) bond motifs is 1. The van der Waals surface area contributed by atoms with Gasteiger partial charge in [0, 0.05) is 23.2 Å². The number of hydrogen-bond acceptors (Lipinski definition) is 3. The Morgan fingerprint density at radius 2 is 2.14 bits per heavy atom. The van der Waals surface area contributed by atoms with E-state index in [1.165, 1.54) is 17.0 Å². The number of amides is 1. The molecule has 116 valence electrons. The molecule has 1 atom stereocenters. The van der Waals surface area contributed by atoms with Crippen LogP contribution in [0.1, 0.15) is 44.4 Å². The van der Waals surface area contributed by atoms with E-state index in [4.69, 9.17) is 22.1 Å². The number of carbonyl (C=O) groups excluding carboxylic acids is 1. The molecule has 4 nitrogen and oxygen atoms in total. The van der Waals surface area contributed by atoms with Gasteiger partial charge in [0.2, 0.25) is 0 Å². The minimum Gasteiger partial charge on any atom is -0.444 e. The van der Waals surface area contributed by atoms with Gasteiger partial charge in [-0.05, 0) is 44.9 Å². The smallest absolute Gasteiger partial charge is 0.410 e. The number of ether oxygens (including phenoxy) is 1. The topological polar surface area (TPSA) is 55.6 Å². The molecular formula is C15H20ClFN2O2. The van der Waals surface area contributed by atoms with Gasteiger partial charge in [-0.1, -0.05) is 11.6 Å². The van der Waals surface area contributed by atoms with Gasteiger partial charge in [0.1, 0.15) is 11.4 Å². The molecule has 1 aliphatic rings. The monoisotopic (exact) mass is 314 g/mol. The molecule has 0 bridgehead atoms. The fourth-order valence-corrected chi connectivity index (χ4v) is 2.59. The van der Waals surface area contributed by atoms with Crippen LogP contribution in [0.3, 0.4) is 0 Å². The lowest BCUT2D eigenvalue weighted by Crippen LogP contribution is -2.36. The maximum absolute atomic E-state index is 14.0. The van der Waals surface area contributed by atoms with Crippen LogP contribution in [0, 0.1) is 5.82 Å². The van der Waals surface area contributed by atoms with Crippen molar-refractivity contribution in [2.45, 2.75) is 45.4 Å². The van der Waals surface area contributed by atoms with Gasteiger partial charge >= 0.3 is 6.09 Å². The van der Waals surface area contributed by atoms with E-state index in [0.717, 1.165) is 0 Å². The maximum atomic E-state index is 14.0. The van der Waals surface area contributed by atoms with Gasteiger partial charge in [0.25, 0.3) is 0 Å². The lowest BCUT2D eigenvalue weighted by Gasteiger charge is -2.26. The Balaban J connectivity index is 2.31. The highest BCUT2D eigenvalue weighted by Crippen LogP contribution is 2.32. The number of benzene rings is 1. The van der Waals surface area contributed by atoms with Gasteiger partial charge in [-0.2, -0.15) is 0 Å². The highest BCUT2D eigenvalue weighted by atomic mass is 35.5. The molecule has 0 aromatic heterocycles. The molecular weight excluding hydrogens is 295 g/mol. The second-order valence-electron chi connectivity index (χ2n) is 6.22. The third-order valence-electron chi connectivity index (χ3n) is 3.33. The number of nitrogens with zero attached hydrogens (tertiary/aromatic N) is 1. The fourth-order valence-electron chi connectivity index (χ4n) is 2.36. The first-order chi connectivity index (χ1) is 9.69. The van der Waals surface area contributed by atoms with Crippen molar-refractivity contribution in [2.75, 3.05) is 6.54 Å². The first-order valence-corrected chi connectivity index (χ1v) is 7.27. The first kappa shape index (κ1) is 16.0. The molecule has 0 aliphatic carbocycles. The van der Waals surface area contributed by atoms with E-state index >= 15 is 0 Å². The number of hydrogen-bond donors (Lipinski definition) is 1. The average molecular weight is 315 g/mol. The standard InChI is InChI=1S/C15H20ClFN2O2/c1-15(2,3)21-14(20)19-7-6-12(18)13-9(8-19)10(16)4-5-11(13)17/h4-5,12H,6-8,18H2,1-3H3. The zero-order valence-corrected chi connectivity index (χ0v) is 13.2. The van der Waals surface area contributed by atoms with Gasteiger partial charge in [-0.15, -0.1) is 0 Å². The SMILES string of the molecule is CC(C)(C)OC(=O)N1CCC(N)c2c(F)ccc(Cl)c2C1. The van der Waals surface area contributed by atoms with Crippen molar-refractivity contribution in [3.8, 4) is 0 Å². The molecule has 0 saturated heterocycles. The summed E-state index contributed by atoms with van der Waals surface area (Å²) in [5.74, 6) is -0.382. The van der Waals surface area contributed by atoms with Crippen LogP contribution in [0.2, 0.25) is 5.02 Å². The zero-order valence-electron chi connectivity index (χ0n) is 12.5. The third-order valence-corrected chi connectivity index (χ3v) is 3.68. The molecule has 1 aliphatic heterocycles. The normalized spacial score (nSPS) is 19.0. The highest BCUT2D eigenvalue weighted by molar-refractivity contribution is 6.31. The van der Waals surface area contributed by atoms with Crippen molar-refractivity contribution in [3.05, 3.63) is 34.1 Å². The molecule has 0 radical (unpaired) electrons. The van der Waals surface area contributed by atoms with Crippen LogP contribution < -0.4 is 5.73 Å². The Hall–Kier alpha value is -1.33.